The number of carbonyl (C=O) groups is 1. The normalized spacial score (nSPS) is 32.4. The third kappa shape index (κ3) is 3.48. The second-order valence-electron chi connectivity index (χ2n) is 6.04. The quantitative estimate of drug-likeness (QED) is 0.774. The van der Waals surface area contributed by atoms with Gasteiger partial charge in [-0.3, -0.25) is 4.79 Å². The van der Waals surface area contributed by atoms with Crippen molar-refractivity contribution in [1.29, 1.82) is 0 Å². The lowest BCUT2D eigenvalue weighted by Crippen LogP contribution is -2.52. The van der Waals surface area contributed by atoms with Crippen LogP contribution < -0.4 is 5.73 Å². The van der Waals surface area contributed by atoms with Crippen molar-refractivity contribution in [2.24, 2.45) is 11.7 Å². The molecule has 0 amide bonds. The van der Waals surface area contributed by atoms with Crippen molar-refractivity contribution in [3.63, 3.8) is 0 Å². The van der Waals surface area contributed by atoms with Crippen molar-refractivity contribution in [2.45, 2.75) is 57.4 Å². The lowest BCUT2D eigenvalue weighted by Gasteiger charge is -2.32. The molecule has 2 rings (SSSR count). The summed E-state index contributed by atoms with van der Waals surface area (Å²) in [5.74, 6) is 0.115. The third-order valence-electron chi connectivity index (χ3n) is 4.77. The summed E-state index contributed by atoms with van der Waals surface area (Å²) in [6, 6.07) is 0. The van der Waals surface area contributed by atoms with Crippen molar-refractivity contribution < 1.29 is 9.53 Å². The van der Waals surface area contributed by atoms with Crippen LogP contribution in [0.5, 0.6) is 0 Å². The van der Waals surface area contributed by atoms with Gasteiger partial charge in [0, 0.05) is 0 Å². The van der Waals surface area contributed by atoms with Crippen LogP contribution in [0.3, 0.4) is 0 Å². The van der Waals surface area contributed by atoms with E-state index in [9.17, 15) is 4.79 Å². The van der Waals surface area contributed by atoms with Gasteiger partial charge in [0.05, 0.1) is 6.61 Å². The van der Waals surface area contributed by atoms with E-state index >= 15 is 0 Å². The molecule has 2 fully saturated rings. The topological polar surface area (TPSA) is 55.6 Å². The standard InChI is InChI=1S/C15H28N2O2/c1-2-19-14(18)15(16)9-6-7-13(15)8-12-17-10-4-3-5-11-17/h13H,2-12,16H2,1H3. The fraction of sp³-hybridized carbons (Fsp3) is 0.933. The molecule has 1 saturated carbocycles. The van der Waals surface area contributed by atoms with Crippen LogP contribution in [0.4, 0.5) is 0 Å². The molecule has 4 heteroatoms. The molecule has 1 saturated heterocycles. The number of nitrogens with two attached hydrogens (primary N) is 1. The van der Waals surface area contributed by atoms with E-state index in [1.54, 1.807) is 0 Å². The lowest BCUT2D eigenvalue weighted by molar-refractivity contribution is -0.151. The molecule has 0 bridgehead atoms. The Morgan fingerprint density at radius 2 is 2.05 bits per heavy atom. The van der Waals surface area contributed by atoms with Gasteiger partial charge in [0.15, 0.2) is 0 Å². The molecular formula is C15H28N2O2. The number of ether oxygens (including phenoxy) is 1. The number of hydrogen-bond donors (Lipinski definition) is 1. The van der Waals surface area contributed by atoms with Gasteiger partial charge in [-0.05, 0) is 64.6 Å². The van der Waals surface area contributed by atoms with Gasteiger partial charge in [0.1, 0.15) is 5.54 Å². The van der Waals surface area contributed by atoms with Gasteiger partial charge in [0.25, 0.3) is 0 Å². The fourth-order valence-corrected chi connectivity index (χ4v) is 3.56. The van der Waals surface area contributed by atoms with Crippen LogP contribution in [0.25, 0.3) is 0 Å². The molecule has 2 N–H and O–H groups in total. The fourth-order valence-electron chi connectivity index (χ4n) is 3.56. The van der Waals surface area contributed by atoms with E-state index < -0.39 is 5.54 Å². The Morgan fingerprint density at radius 1 is 1.32 bits per heavy atom. The zero-order valence-corrected chi connectivity index (χ0v) is 12.2. The average molecular weight is 268 g/mol. The summed E-state index contributed by atoms with van der Waals surface area (Å²) in [5.41, 5.74) is 5.64. The first kappa shape index (κ1) is 14.8. The molecule has 0 aromatic carbocycles. The Bertz CT molecular complexity index is 303. The molecule has 1 heterocycles. The van der Waals surface area contributed by atoms with E-state index in [0.29, 0.717) is 12.5 Å². The van der Waals surface area contributed by atoms with Crippen LogP contribution in [0.1, 0.15) is 51.9 Å². The largest absolute Gasteiger partial charge is 0.465 e. The second kappa shape index (κ2) is 6.71. The van der Waals surface area contributed by atoms with E-state index in [4.69, 9.17) is 10.5 Å². The molecule has 0 aromatic rings. The molecule has 110 valence electrons. The Hall–Kier alpha value is -0.610. The molecule has 2 atom stereocenters. The maximum atomic E-state index is 12.1. The maximum absolute atomic E-state index is 12.1. The van der Waals surface area contributed by atoms with Crippen molar-refractivity contribution in [3.05, 3.63) is 0 Å². The van der Waals surface area contributed by atoms with Crippen molar-refractivity contribution in [2.75, 3.05) is 26.2 Å². The summed E-state index contributed by atoms with van der Waals surface area (Å²) in [4.78, 5) is 14.6. The van der Waals surface area contributed by atoms with Crippen LogP contribution in [0.2, 0.25) is 0 Å². The summed E-state index contributed by atoms with van der Waals surface area (Å²) in [5, 5.41) is 0. The number of rotatable bonds is 5. The van der Waals surface area contributed by atoms with E-state index in [2.05, 4.69) is 4.90 Å². The van der Waals surface area contributed by atoms with Gasteiger partial charge in [-0.15, -0.1) is 0 Å². The molecule has 2 aliphatic rings. The molecule has 2 unspecified atom stereocenters. The van der Waals surface area contributed by atoms with E-state index in [1.807, 2.05) is 6.92 Å². The van der Waals surface area contributed by atoms with E-state index in [1.165, 1.54) is 32.4 Å². The predicted octanol–water partition coefficient (Wildman–Crippen LogP) is 1.92. The molecule has 1 aliphatic carbocycles. The van der Waals surface area contributed by atoms with Gasteiger partial charge in [0.2, 0.25) is 0 Å². The SMILES string of the molecule is CCOC(=O)C1(N)CCCC1CCN1CCCCC1. The highest BCUT2D eigenvalue weighted by atomic mass is 16.5. The number of esters is 1. The molecule has 0 aromatic heterocycles. The zero-order chi connectivity index (χ0) is 13.7. The molecule has 0 radical (unpaired) electrons. The Kier molecular flexibility index (Phi) is 5.22. The third-order valence-corrected chi connectivity index (χ3v) is 4.77. The Labute approximate surface area is 116 Å². The first-order chi connectivity index (χ1) is 9.16. The summed E-state index contributed by atoms with van der Waals surface area (Å²) in [6.07, 6.45) is 7.95. The minimum atomic E-state index is -0.716. The number of piperidine rings is 1. The second-order valence-corrected chi connectivity index (χ2v) is 6.04. The molecular weight excluding hydrogens is 240 g/mol. The lowest BCUT2D eigenvalue weighted by atomic mass is 9.85. The molecule has 19 heavy (non-hydrogen) atoms. The van der Waals surface area contributed by atoms with Crippen LogP contribution >= 0.6 is 0 Å². The van der Waals surface area contributed by atoms with Gasteiger partial charge < -0.3 is 15.4 Å². The van der Waals surface area contributed by atoms with Crippen molar-refractivity contribution in [3.8, 4) is 0 Å². The van der Waals surface area contributed by atoms with Gasteiger partial charge in [-0.1, -0.05) is 12.8 Å². The van der Waals surface area contributed by atoms with Gasteiger partial charge in [-0.25, -0.2) is 0 Å². The van der Waals surface area contributed by atoms with Crippen molar-refractivity contribution in [1.82, 2.24) is 4.90 Å². The number of likely N-dealkylation sites (tertiary alicyclic amines) is 1. The predicted molar refractivity (Wildman–Crippen MR) is 75.8 cm³/mol. The first-order valence-electron chi connectivity index (χ1n) is 7.85. The summed E-state index contributed by atoms with van der Waals surface area (Å²) in [6.45, 7) is 5.78. The number of carbonyl (C=O) groups excluding carboxylic acids is 1. The Balaban J connectivity index is 1.85. The van der Waals surface area contributed by atoms with Crippen LogP contribution in [0, 0.1) is 5.92 Å². The molecule has 1 aliphatic heterocycles. The number of hydrogen-bond acceptors (Lipinski definition) is 4. The van der Waals surface area contributed by atoms with Gasteiger partial charge >= 0.3 is 5.97 Å². The summed E-state index contributed by atoms with van der Waals surface area (Å²) in [7, 11) is 0. The summed E-state index contributed by atoms with van der Waals surface area (Å²) < 4.78 is 5.17. The number of nitrogens with zero attached hydrogens (tertiary/aromatic N) is 1. The van der Waals surface area contributed by atoms with Gasteiger partial charge in [-0.2, -0.15) is 0 Å². The first-order valence-corrected chi connectivity index (χ1v) is 7.85. The minimum absolute atomic E-state index is 0.184. The molecule has 0 spiro atoms. The Morgan fingerprint density at radius 3 is 2.74 bits per heavy atom. The monoisotopic (exact) mass is 268 g/mol. The van der Waals surface area contributed by atoms with E-state index in [-0.39, 0.29) is 5.97 Å². The van der Waals surface area contributed by atoms with Crippen LogP contribution in [0.15, 0.2) is 0 Å². The average Bonchev–Trinajstić information content (AvgIpc) is 2.81. The van der Waals surface area contributed by atoms with Crippen LogP contribution in [-0.2, 0) is 9.53 Å². The van der Waals surface area contributed by atoms with Crippen molar-refractivity contribution >= 4 is 5.97 Å². The van der Waals surface area contributed by atoms with E-state index in [0.717, 1.165) is 32.2 Å². The highest BCUT2D eigenvalue weighted by Crippen LogP contribution is 2.37. The minimum Gasteiger partial charge on any atom is -0.465 e. The summed E-state index contributed by atoms with van der Waals surface area (Å²) >= 11 is 0. The molecule has 4 nitrogen and oxygen atoms in total. The van der Waals surface area contributed by atoms with Crippen LogP contribution in [-0.4, -0.2) is 42.6 Å². The maximum Gasteiger partial charge on any atom is 0.326 e. The smallest absolute Gasteiger partial charge is 0.326 e. The highest BCUT2D eigenvalue weighted by molar-refractivity contribution is 5.81. The highest BCUT2D eigenvalue weighted by Gasteiger charge is 2.46. The zero-order valence-electron chi connectivity index (χ0n) is 12.2.